The minimum Gasteiger partial charge on any atom is -0.478 e. The Morgan fingerprint density at radius 3 is 2.65 bits per heavy atom. The average molecular weight is 228 g/mol. The number of carbonyl (C=O) groups is 1. The fourth-order valence-corrected chi connectivity index (χ4v) is 1.64. The maximum atomic E-state index is 11.1. The normalized spacial score (nSPS) is 10.2. The van der Waals surface area contributed by atoms with E-state index in [4.69, 9.17) is 5.11 Å². The van der Waals surface area contributed by atoms with E-state index >= 15 is 0 Å². The van der Waals surface area contributed by atoms with Gasteiger partial charge < -0.3 is 5.11 Å². The first-order valence-corrected chi connectivity index (χ1v) is 5.25. The quantitative estimate of drug-likeness (QED) is 0.873. The number of carboxylic acids is 1. The second-order valence-electron chi connectivity index (χ2n) is 3.81. The summed E-state index contributed by atoms with van der Waals surface area (Å²) in [5.41, 5.74) is 1.98. The van der Waals surface area contributed by atoms with Gasteiger partial charge in [0.1, 0.15) is 5.82 Å². The van der Waals surface area contributed by atoms with Gasteiger partial charge in [0.25, 0.3) is 0 Å². The third-order valence-corrected chi connectivity index (χ3v) is 2.46. The summed E-state index contributed by atoms with van der Waals surface area (Å²) in [6.45, 7) is 1.87. The SMILES string of the molecule is Cc1ccc(Cc2ncccn2)c(C(=O)O)c1. The second kappa shape index (κ2) is 4.74. The highest BCUT2D eigenvalue weighted by molar-refractivity contribution is 5.89. The fourth-order valence-electron chi connectivity index (χ4n) is 1.64. The van der Waals surface area contributed by atoms with Crippen molar-refractivity contribution in [1.82, 2.24) is 9.97 Å². The van der Waals surface area contributed by atoms with E-state index in [1.165, 1.54) is 0 Å². The second-order valence-corrected chi connectivity index (χ2v) is 3.81. The Kier molecular flexibility index (Phi) is 3.14. The molecular formula is C13H12N2O2. The van der Waals surface area contributed by atoms with E-state index in [1.54, 1.807) is 24.5 Å². The van der Waals surface area contributed by atoms with E-state index in [0.29, 0.717) is 17.8 Å². The molecule has 2 aromatic rings. The van der Waals surface area contributed by atoms with Crippen LogP contribution in [0.3, 0.4) is 0 Å². The van der Waals surface area contributed by atoms with Gasteiger partial charge in [0.05, 0.1) is 5.56 Å². The summed E-state index contributed by atoms with van der Waals surface area (Å²) < 4.78 is 0. The predicted molar refractivity (Wildman–Crippen MR) is 63.0 cm³/mol. The first kappa shape index (κ1) is 11.3. The number of rotatable bonds is 3. The minimum atomic E-state index is -0.917. The topological polar surface area (TPSA) is 63.1 Å². The molecule has 0 aliphatic carbocycles. The van der Waals surface area contributed by atoms with Gasteiger partial charge in [0.15, 0.2) is 0 Å². The number of aryl methyl sites for hydroxylation is 1. The van der Waals surface area contributed by atoms with E-state index in [0.717, 1.165) is 11.1 Å². The van der Waals surface area contributed by atoms with Crippen molar-refractivity contribution in [3.8, 4) is 0 Å². The molecule has 0 saturated heterocycles. The Morgan fingerprint density at radius 1 is 1.29 bits per heavy atom. The van der Waals surface area contributed by atoms with Crippen LogP contribution in [0.2, 0.25) is 0 Å². The number of hydrogen-bond donors (Lipinski definition) is 1. The minimum absolute atomic E-state index is 0.317. The molecule has 4 nitrogen and oxygen atoms in total. The Balaban J connectivity index is 2.36. The van der Waals surface area contributed by atoms with E-state index in [2.05, 4.69) is 9.97 Å². The molecule has 4 heteroatoms. The fraction of sp³-hybridized carbons (Fsp3) is 0.154. The van der Waals surface area contributed by atoms with Gasteiger partial charge in [0.2, 0.25) is 0 Å². The summed E-state index contributed by atoms with van der Waals surface area (Å²) in [5.74, 6) is -0.293. The maximum Gasteiger partial charge on any atom is 0.335 e. The van der Waals surface area contributed by atoms with E-state index < -0.39 is 5.97 Å². The van der Waals surface area contributed by atoms with Crippen LogP contribution in [0.1, 0.15) is 27.3 Å². The zero-order chi connectivity index (χ0) is 12.3. The van der Waals surface area contributed by atoms with Gasteiger partial charge in [-0.2, -0.15) is 0 Å². The van der Waals surface area contributed by atoms with Crippen LogP contribution in [-0.2, 0) is 6.42 Å². The first-order chi connectivity index (χ1) is 8.16. The van der Waals surface area contributed by atoms with Crippen LogP contribution in [0.15, 0.2) is 36.7 Å². The molecule has 1 heterocycles. The van der Waals surface area contributed by atoms with Crippen molar-refractivity contribution >= 4 is 5.97 Å². The number of aromatic nitrogens is 2. The summed E-state index contributed by atoms with van der Waals surface area (Å²) in [5, 5.41) is 9.13. The number of benzene rings is 1. The van der Waals surface area contributed by atoms with Crippen LogP contribution in [0.5, 0.6) is 0 Å². The largest absolute Gasteiger partial charge is 0.478 e. The van der Waals surface area contributed by atoms with Crippen molar-refractivity contribution < 1.29 is 9.90 Å². The molecule has 17 heavy (non-hydrogen) atoms. The lowest BCUT2D eigenvalue weighted by Crippen LogP contribution is -2.05. The van der Waals surface area contributed by atoms with Crippen molar-refractivity contribution in [2.24, 2.45) is 0 Å². The lowest BCUT2D eigenvalue weighted by Gasteiger charge is -2.06. The summed E-state index contributed by atoms with van der Waals surface area (Å²) in [7, 11) is 0. The standard InChI is InChI=1S/C13H12N2O2/c1-9-3-4-10(11(7-9)13(16)17)8-12-14-5-2-6-15-12/h2-7H,8H2,1H3,(H,16,17). The van der Waals surface area contributed by atoms with Crippen LogP contribution in [0.4, 0.5) is 0 Å². The highest BCUT2D eigenvalue weighted by Crippen LogP contribution is 2.14. The molecule has 0 radical (unpaired) electrons. The molecule has 1 aromatic heterocycles. The molecule has 0 aliphatic heterocycles. The first-order valence-electron chi connectivity index (χ1n) is 5.25. The number of carboxylic acid groups (broad SMARTS) is 1. The van der Waals surface area contributed by atoms with Crippen LogP contribution < -0.4 is 0 Å². The van der Waals surface area contributed by atoms with Gasteiger partial charge in [-0.25, -0.2) is 14.8 Å². The van der Waals surface area contributed by atoms with Gasteiger partial charge in [-0.1, -0.05) is 17.7 Å². The molecule has 0 atom stereocenters. The van der Waals surface area contributed by atoms with Crippen LogP contribution >= 0.6 is 0 Å². The third-order valence-electron chi connectivity index (χ3n) is 2.46. The molecule has 1 N–H and O–H groups in total. The van der Waals surface area contributed by atoms with Gasteiger partial charge in [0, 0.05) is 18.8 Å². The summed E-state index contributed by atoms with van der Waals surface area (Å²) >= 11 is 0. The van der Waals surface area contributed by atoms with Gasteiger partial charge in [-0.3, -0.25) is 0 Å². The number of nitrogens with zero attached hydrogens (tertiary/aromatic N) is 2. The summed E-state index contributed by atoms with van der Waals surface area (Å²) in [6.07, 6.45) is 3.73. The molecule has 0 saturated carbocycles. The Morgan fingerprint density at radius 2 is 2.00 bits per heavy atom. The van der Waals surface area contributed by atoms with Crippen molar-refractivity contribution in [1.29, 1.82) is 0 Å². The highest BCUT2D eigenvalue weighted by atomic mass is 16.4. The Bertz CT molecular complexity index is 538. The van der Waals surface area contributed by atoms with Gasteiger partial charge >= 0.3 is 5.97 Å². The van der Waals surface area contributed by atoms with Crippen molar-refractivity contribution in [3.05, 3.63) is 59.2 Å². The van der Waals surface area contributed by atoms with Crippen molar-refractivity contribution in [2.75, 3.05) is 0 Å². The van der Waals surface area contributed by atoms with Crippen LogP contribution in [0.25, 0.3) is 0 Å². The van der Waals surface area contributed by atoms with E-state index in [-0.39, 0.29) is 0 Å². The molecule has 0 unspecified atom stereocenters. The van der Waals surface area contributed by atoms with Crippen molar-refractivity contribution in [3.63, 3.8) is 0 Å². The molecule has 0 aliphatic rings. The Hall–Kier alpha value is -2.23. The average Bonchev–Trinajstić information content (AvgIpc) is 2.32. The zero-order valence-electron chi connectivity index (χ0n) is 9.42. The zero-order valence-corrected chi connectivity index (χ0v) is 9.42. The number of aromatic carboxylic acids is 1. The summed E-state index contributed by atoms with van der Waals surface area (Å²) in [4.78, 5) is 19.3. The van der Waals surface area contributed by atoms with E-state index in [1.807, 2.05) is 19.1 Å². The lowest BCUT2D eigenvalue weighted by atomic mass is 10.0. The molecule has 86 valence electrons. The smallest absolute Gasteiger partial charge is 0.335 e. The van der Waals surface area contributed by atoms with Crippen molar-refractivity contribution in [2.45, 2.75) is 13.3 Å². The third kappa shape index (κ3) is 2.66. The van der Waals surface area contributed by atoms with Gasteiger partial charge in [-0.05, 0) is 24.6 Å². The molecule has 0 amide bonds. The van der Waals surface area contributed by atoms with Crippen LogP contribution in [0, 0.1) is 6.92 Å². The predicted octanol–water partition coefficient (Wildman–Crippen LogP) is 2.07. The molecular weight excluding hydrogens is 216 g/mol. The van der Waals surface area contributed by atoms with Crippen LogP contribution in [-0.4, -0.2) is 21.0 Å². The summed E-state index contributed by atoms with van der Waals surface area (Å²) in [6, 6.07) is 7.11. The monoisotopic (exact) mass is 228 g/mol. The van der Waals surface area contributed by atoms with Gasteiger partial charge in [-0.15, -0.1) is 0 Å². The molecule has 1 aromatic carbocycles. The maximum absolute atomic E-state index is 11.1. The molecule has 0 bridgehead atoms. The molecule has 0 fully saturated rings. The molecule has 2 rings (SSSR count). The lowest BCUT2D eigenvalue weighted by molar-refractivity contribution is 0.0695. The number of hydrogen-bond acceptors (Lipinski definition) is 3. The molecule has 0 spiro atoms. The highest BCUT2D eigenvalue weighted by Gasteiger charge is 2.11. The Labute approximate surface area is 99.0 Å². The van der Waals surface area contributed by atoms with E-state index in [9.17, 15) is 4.79 Å².